The van der Waals surface area contributed by atoms with Crippen molar-refractivity contribution in [3.8, 4) is 0 Å². The number of nitrogens with one attached hydrogen (secondary N) is 1. The normalized spacial score (nSPS) is 14.8. The number of amides is 1. The van der Waals surface area contributed by atoms with Gasteiger partial charge >= 0.3 is 0 Å². The number of nitrogens with zero attached hydrogens (tertiary/aromatic N) is 4. The lowest BCUT2D eigenvalue weighted by Crippen LogP contribution is -2.48. The third kappa shape index (κ3) is 4.00. The van der Waals surface area contributed by atoms with E-state index in [4.69, 9.17) is 0 Å². The highest BCUT2D eigenvalue weighted by Crippen LogP contribution is 2.28. The molecule has 0 saturated carbocycles. The lowest BCUT2D eigenvalue weighted by molar-refractivity contribution is -0.129. The van der Waals surface area contributed by atoms with Crippen molar-refractivity contribution in [2.45, 2.75) is 11.8 Å². The fourth-order valence-electron chi connectivity index (χ4n) is 3.30. The standard InChI is InChI=1S/C20H21N5O3S/c1-15(26)24-11-13-25(14-12-24)20-19(21-17-9-5-6-10-18(17)22-20)23-29(27,28)16-7-3-2-4-8-16/h2-10H,11-14H2,1H3,(H,21,23). The first-order valence-electron chi connectivity index (χ1n) is 9.29. The molecule has 2 aromatic carbocycles. The van der Waals surface area contributed by atoms with E-state index in [0.29, 0.717) is 43.0 Å². The molecule has 1 fully saturated rings. The predicted molar refractivity (Wildman–Crippen MR) is 111 cm³/mol. The van der Waals surface area contributed by atoms with E-state index >= 15 is 0 Å². The van der Waals surface area contributed by atoms with Crippen molar-refractivity contribution in [1.82, 2.24) is 14.9 Å². The average molecular weight is 411 g/mol. The van der Waals surface area contributed by atoms with Gasteiger partial charge in [-0.05, 0) is 24.3 Å². The average Bonchev–Trinajstić information content (AvgIpc) is 2.74. The number of rotatable bonds is 4. The Hall–Kier alpha value is -3.20. The van der Waals surface area contributed by atoms with Crippen LogP contribution >= 0.6 is 0 Å². The zero-order valence-electron chi connectivity index (χ0n) is 15.9. The molecular formula is C20H21N5O3S. The lowest BCUT2D eigenvalue weighted by atomic mass is 10.2. The van der Waals surface area contributed by atoms with Crippen LogP contribution in [0.15, 0.2) is 59.5 Å². The van der Waals surface area contributed by atoms with Gasteiger partial charge in [0.25, 0.3) is 10.0 Å². The van der Waals surface area contributed by atoms with E-state index in [-0.39, 0.29) is 16.6 Å². The summed E-state index contributed by atoms with van der Waals surface area (Å²) in [4.78, 5) is 24.7. The molecule has 9 heteroatoms. The Balaban J connectivity index is 1.72. The van der Waals surface area contributed by atoms with Crippen molar-refractivity contribution in [2.75, 3.05) is 35.8 Å². The summed E-state index contributed by atoms with van der Waals surface area (Å²) in [5.74, 6) is 0.675. The summed E-state index contributed by atoms with van der Waals surface area (Å²) in [5.41, 5.74) is 1.28. The fourth-order valence-corrected chi connectivity index (χ4v) is 4.32. The fraction of sp³-hybridized carbons (Fsp3) is 0.250. The topological polar surface area (TPSA) is 95.5 Å². The number of carbonyl (C=O) groups is 1. The summed E-state index contributed by atoms with van der Waals surface area (Å²) >= 11 is 0. The molecular weight excluding hydrogens is 390 g/mol. The van der Waals surface area contributed by atoms with Crippen molar-refractivity contribution in [3.63, 3.8) is 0 Å². The molecule has 0 spiro atoms. The van der Waals surface area contributed by atoms with Crippen molar-refractivity contribution < 1.29 is 13.2 Å². The molecule has 8 nitrogen and oxygen atoms in total. The van der Waals surface area contributed by atoms with Gasteiger partial charge in [-0.1, -0.05) is 30.3 Å². The maximum absolute atomic E-state index is 12.9. The van der Waals surface area contributed by atoms with Gasteiger partial charge in [0.2, 0.25) is 5.91 Å². The smallest absolute Gasteiger partial charge is 0.263 e. The van der Waals surface area contributed by atoms with E-state index in [1.807, 2.05) is 23.1 Å². The van der Waals surface area contributed by atoms with Crippen LogP contribution < -0.4 is 9.62 Å². The van der Waals surface area contributed by atoms with E-state index in [2.05, 4.69) is 14.7 Å². The number of anilines is 2. The quantitative estimate of drug-likeness (QED) is 0.706. The van der Waals surface area contributed by atoms with Crippen molar-refractivity contribution in [1.29, 1.82) is 0 Å². The Morgan fingerprint density at radius 2 is 1.48 bits per heavy atom. The monoisotopic (exact) mass is 411 g/mol. The second-order valence-electron chi connectivity index (χ2n) is 6.80. The van der Waals surface area contributed by atoms with Crippen LogP contribution in [0.25, 0.3) is 11.0 Å². The SMILES string of the molecule is CC(=O)N1CCN(c2nc3ccccc3nc2NS(=O)(=O)c2ccccc2)CC1. The third-order valence-corrected chi connectivity index (χ3v) is 6.22. The summed E-state index contributed by atoms with van der Waals surface area (Å²) in [5, 5.41) is 0. The maximum atomic E-state index is 12.9. The van der Waals surface area contributed by atoms with Crippen LogP contribution in [0.4, 0.5) is 11.6 Å². The molecule has 1 aliphatic rings. The zero-order valence-corrected chi connectivity index (χ0v) is 16.8. The van der Waals surface area contributed by atoms with Crippen molar-refractivity contribution in [3.05, 3.63) is 54.6 Å². The number of fused-ring (bicyclic) bond motifs is 1. The number of sulfonamides is 1. The summed E-state index contributed by atoms with van der Waals surface area (Å²) in [6.45, 7) is 3.74. The van der Waals surface area contributed by atoms with E-state index in [0.717, 1.165) is 0 Å². The van der Waals surface area contributed by atoms with Crippen LogP contribution in [-0.2, 0) is 14.8 Å². The van der Waals surface area contributed by atoms with Gasteiger partial charge in [0.15, 0.2) is 11.6 Å². The van der Waals surface area contributed by atoms with E-state index in [1.165, 1.54) is 12.1 Å². The first-order chi connectivity index (χ1) is 13.9. The van der Waals surface area contributed by atoms with E-state index in [9.17, 15) is 13.2 Å². The largest absolute Gasteiger partial charge is 0.350 e. The second kappa shape index (κ2) is 7.67. The number of piperazine rings is 1. The molecule has 4 rings (SSSR count). The number of benzene rings is 2. The molecule has 1 aromatic heterocycles. The molecule has 1 saturated heterocycles. The number of hydrogen-bond acceptors (Lipinski definition) is 6. The second-order valence-corrected chi connectivity index (χ2v) is 8.48. The minimum Gasteiger partial charge on any atom is -0.350 e. The highest BCUT2D eigenvalue weighted by atomic mass is 32.2. The maximum Gasteiger partial charge on any atom is 0.263 e. The van der Waals surface area contributed by atoms with Crippen LogP contribution in [0.2, 0.25) is 0 Å². The van der Waals surface area contributed by atoms with Gasteiger partial charge in [-0.25, -0.2) is 18.4 Å². The molecule has 0 aliphatic carbocycles. The van der Waals surface area contributed by atoms with Crippen LogP contribution in [0.1, 0.15) is 6.92 Å². The first-order valence-corrected chi connectivity index (χ1v) is 10.8. The number of para-hydroxylation sites is 2. The van der Waals surface area contributed by atoms with Crippen LogP contribution in [0.5, 0.6) is 0 Å². The Morgan fingerprint density at radius 3 is 2.10 bits per heavy atom. The molecule has 1 amide bonds. The minimum absolute atomic E-state index is 0.0271. The summed E-state index contributed by atoms with van der Waals surface area (Å²) in [6.07, 6.45) is 0. The van der Waals surface area contributed by atoms with Gasteiger partial charge < -0.3 is 9.80 Å². The van der Waals surface area contributed by atoms with E-state index in [1.54, 1.807) is 36.1 Å². The number of hydrogen-bond donors (Lipinski definition) is 1. The van der Waals surface area contributed by atoms with Crippen molar-refractivity contribution in [2.24, 2.45) is 0 Å². The first kappa shape index (κ1) is 19.1. The Kier molecular flexibility index (Phi) is 5.06. The Bertz CT molecular complexity index is 1140. The summed E-state index contributed by atoms with van der Waals surface area (Å²) in [6, 6.07) is 15.5. The van der Waals surface area contributed by atoms with Crippen LogP contribution in [-0.4, -0.2) is 55.4 Å². The highest BCUT2D eigenvalue weighted by Gasteiger charge is 2.25. The van der Waals surface area contributed by atoms with Gasteiger partial charge in [0, 0.05) is 33.1 Å². The van der Waals surface area contributed by atoms with Gasteiger partial charge in [-0.3, -0.25) is 9.52 Å². The highest BCUT2D eigenvalue weighted by molar-refractivity contribution is 7.92. The molecule has 1 aliphatic heterocycles. The number of aromatic nitrogens is 2. The molecule has 29 heavy (non-hydrogen) atoms. The van der Waals surface area contributed by atoms with Crippen LogP contribution in [0, 0.1) is 0 Å². The molecule has 0 radical (unpaired) electrons. The van der Waals surface area contributed by atoms with Gasteiger partial charge in [-0.2, -0.15) is 0 Å². The molecule has 1 N–H and O–H groups in total. The molecule has 2 heterocycles. The third-order valence-electron chi connectivity index (χ3n) is 4.86. The Morgan fingerprint density at radius 1 is 0.897 bits per heavy atom. The molecule has 0 unspecified atom stereocenters. The number of carbonyl (C=O) groups excluding carboxylic acids is 1. The lowest BCUT2D eigenvalue weighted by Gasteiger charge is -2.35. The Labute approximate surface area is 169 Å². The summed E-state index contributed by atoms with van der Waals surface area (Å²) in [7, 11) is -3.81. The van der Waals surface area contributed by atoms with Gasteiger partial charge in [0.05, 0.1) is 15.9 Å². The van der Waals surface area contributed by atoms with E-state index < -0.39 is 10.0 Å². The molecule has 150 valence electrons. The molecule has 3 aromatic rings. The van der Waals surface area contributed by atoms with Gasteiger partial charge in [-0.15, -0.1) is 0 Å². The van der Waals surface area contributed by atoms with Gasteiger partial charge in [0.1, 0.15) is 0 Å². The van der Waals surface area contributed by atoms with Crippen molar-refractivity contribution >= 4 is 38.6 Å². The molecule has 0 atom stereocenters. The minimum atomic E-state index is -3.81. The zero-order chi connectivity index (χ0) is 20.4. The molecule has 0 bridgehead atoms. The predicted octanol–water partition coefficient (Wildman–Crippen LogP) is 2.10. The van der Waals surface area contributed by atoms with Crippen LogP contribution in [0.3, 0.4) is 0 Å². The summed E-state index contributed by atoms with van der Waals surface area (Å²) < 4.78 is 28.3.